The molecule has 0 amide bonds. The molecule has 1 aliphatic rings. The summed E-state index contributed by atoms with van der Waals surface area (Å²) < 4.78 is 11.5. The number of carbonyl (C=O) groups is 1. The Balaban J connectivity index is 1.65. The Labute approximate surface area is 174 Å². The van der Waals surface area contributed by atoms with Crippen LogP contribution in [0, 0.1) is 5.92 Å². The quantitative estimate of drug-likeness (QED) is 0.457. The Morgan fingerprint density at radius 1 is 1.13 bits per heavy atom. The first kappa shape index (κ1) is 18.6. The molecule has 0 saturated carbocycles. The molecule has 1 saturated heterocycles. The van der Waals surface area contributed by atoms with Gasteiger partial charge in [0.15, 0.2) is 17.2 Å². The van der Waals surface area contributed by atoms with Crippen LogP contribution in [-0.2, 0) is 9.53 Å². The molecule has 5 rings (SSSR count). The fourth-order valence-corrected chi connectivity index (χ4v) is 4.13. The number of ether oxygens (including phenoxy) is 1. The van der Waals surface area contributed by atoms with Gasteiger partial charge in [0, 0.05) is 24.0 Å². The fraction of sp³-hybridized carbons (Fsp3) is 0.292. The van der Waals surface area contributed by atoms with Crippen molar-refractivity contribution in [1.82, 2.24) is 9.97 Å². The maximum absolute atomic E-state index is 12.4. The maximum atomic E-state index is 12.4. The zero-order chi connectivity index (χ0) is 20.5. The molecule has 0 aliphatic carbocycles. The third-order valence-corrected chi connectivity index (χ3v) is 5.57. The number of anilines is 1. The summed E-state index contributed by atoms with van der Waals surface area (Å²) >= 11 is 0. The van der Waals surface area contributed by atoms with Crippen molar-refractivity contribution < 1.29 is 13.9 Å². The van der Waals surface area contributed by atoms with E-state index in [9.17, 15) is 4.79 Å². The van der Waals surface area contributed by atoms with Crippen molar-refractivity contribution in [3.63, 3.8) is 0 Å². The van der Waals surface area contributed by atoms with E-state index < -0.39 is 0 Å². The van der Waals surface area contributed by atoms with Crippen LogP contribution in [0.15, 0.2) is 59.0 Å². The lowest BCUT2D eigenvalue weighted by atomic mass is 9.98. The lowest BCUT2D eigenvalue weighted by Crippen LogP contribution is -2.40. The lowest BCUT2D eigenvalue weighted by Gasteiger charge is -2.32. The molecule has 0 N–H and O–H groups in total. The minimum Gasteiger partial charge on any atom is -0.466 e. The summed E-state index contributed by atoms with van der Waals surface area (Å²) in [7, 11) is 0. The highest BCUT2D eigenvalue weighted by Crippen LogP contribution is 2.36. The van der Waals surface area contributed by atoms with Crippen molar-refractivity contribution in [2.24, 2.45) is 5.92 Å². The zero-order valence-electron chi connectivity index (χ0n) is 16.9. The monoisotopic (exact) mass is 401 g/mol. The molecule has 30 heavy (non-hydrogen) atoms. The SMILES string of the molecule is CCOC(=O)C1CCCN(c2nc(-c3ccccc3)nc3c2oc2ccccc23)C1. The van der Waals surface area contributed by atoms with E-state index in [1.54, 1.807) is 0 Å². The van der Waals surface area contributed by atoms with Gasteiger partial charge in [0.1, 0.15) is 11.1 Å². The number of furan rings is 1. The van der Waals surface area contributed by atoms with Crippen molar-refractivity contribution >= 4 is 33.9 Å². The molecule has 1 unspecified atom stereocenters. The first-order valence-corrected chi connectivity index (χ1v) is 10.4. The Morgan fingerprint density at radius 3 is 2.77 bits per heavy atom. The smallest absolute Gasteiger partial charge is 0.310 e. The second-order valence-corrected chi connectivity index (χ2v) is 7.55. The van der Waals surface area contributed by atoms with Gasteiger partial charge in [0.05, 0.1) is 12.5 Å². The number of fused-ring (bicyclic) bond motifs is 3. The van der Waals surface area contributed by atoms with E-state index in [1.807, 2.05) is 61.5 Å². The minimum absolute atomic E-state index is 0.139. The predicted octanol–water partition coefficient (Wildman–Crippen LogP) is 4.82. The Bertz CT molecular complexity index is 1200. The van der Waals surface area contributed by atoms with E-state index in [0.717, 1.165) is 47.3 Å². The first-order valence-electron chi connectivity index (χ1n) is 10.4. The summed E-state index contributed by atoms with van der Waals surface area (Å²) in [6.45, 7) is 3.62. The van der Waals surface area contributed by atoms with Crippen molar-refractivity contribution in [2.75, 3.05) is 24.6 Å². The third-order valence-electron chi connectivity index (χ3n) is 5.57. The van der Waals surface area contributed by atoms with Crippen molar-refractivity contribution in [3.05, 3.63) is 54.6 Å². The van der Waals surface area contributed by atoms with E-state index in [1.165, 1.54) is 0 Å². The molecule has 6 heteroatoms. The summed E-state index contributed by atoms with van der Waals surface area (Å²) in [5, 5.41) is 0.965. The van der Waals surface area contributed by atoms with Crippen LogP contribution < -0.4 is 4.90 Å². The first-order chi connectivity index (χ1) is 14.7. The number of carbonyl (C=O) groups excluding carboxylic acids is 1. The number of aromatic nitrogens is 2. The number of hydrogen-bond donors (Lipinski definition) is 0. The molecule has 1 atom stereocenters. The summed E-state index contributed by atoms with van der Waals surface area (Å²) in [6.07, 6.45) is 1.73. The summed E-state index contributed by atoms with van der Waals surface area (Å²) in [5.41, 5.74) is 3.20. The normalized spacial score (nSPS) is 16.8. The third kappa shape index (κ3) is 3.28. The van der Waals surface area contributed by atoms with Gasteiger partial charge in [-0.15, -0.1) is 0 Å². The summed E-state index contributed by atoms with van der Waals surface area (Å²) in [6, 6.07) is 17.8. The molecular formula is C24H23N3O3. The van der Waals surface area contributed by atoms with Crippen molar-refractivity contribution in [1.29, 1.82) is 0 Å². The number of esters is 1. The molecule has 1 aliphatic heterocycles. The zero-order valence-corrected chi connectivity index (χ0v) is 16.9. The number of para-hydroxylation sites is 1. The molecule has 4 aromatic rings. The molecule has 0 bridgehead atoms. The number of hydrogen-bond acceptors (Lipinski definition) is 6. The van der Waals surface area contributed by atoms with Gasteiger partial charge in [-0.3, -0.25) is 4.79 Å². The van der Waals surface area contributed by atoms with Crippen LogP contribution in [-0.4, -0.2) is 35.6 Å². The molecule has 6 nitrogen and oxygen atoms in total. The second-order valence-electron chi connectivity index (χ2n) is 7.55. The van der Waals surface area contributed by atoms with E-state index in [4.69, 9.17) is 19.1 Å². The maximum Gasteiger partial charge on any atom is 0.310 e. The topological polar surface area (TPSA) is 68.5 Å². The number of benzene rings is 2. The lowest BCUT2D eigenvalue weighted by molar-refractivity contribution is -0.148. The molecule has 2 aromatic heterocycles. The van der Waals surface area contributed by atoms with Gasteiger partial charge in [-0.25, -0.2) is 9.97 Å². The van der Waals surface area contributed by atoms with Crippen molar-refractivity contribution in [3.8, 4) is 11.4 Å². The number of nitrogens with zero attached hydrogens (tertiary/aromatic N) is 3. The molecule has 152 valence electrons. The van der Waals surface area contributed by atoms with Crippen LogP contribution in [0.3, 0.4) is 0 Å². The standard InChI is InChI=1S/C24H23N3O3/c1-2-29-24(28)17-11-8-14-27(15-17)23-21-20(18-12-6-7-13-19(18)30-21)25-22(26-23)16-9-4-3-5-10-16/h3-7,9-10,12-13,17H,2,8,11,14-15H2,1H3. The highest BCUT2D eigenvalue weighted by atomic mass is 16.5. The van der Waals surface area contributed by atoms with Gasteiger partial charge in [0.2, 0.25) is 0 Å². The van der Waals surface area contributed by atoms with E-state index in [0.29, 0.717) is 24.6 Å². The van der Waals surface area contributed by atoms with E-state index >= 15 is 0 Å². The average molecular weight is 401 g/mol. The average Bonchev–Trinajstić information content (AvgIpc) is 3.18. The minimum atomic E-state index is -0.159. The van der Waals surface area contributed by atoms with E-state index in [-0.39, 0.29) is 11.9 Å². The Hall–Kier alpha value is -3.41. The predicted molar refractivity (Wildman–Crippen MR) is 116 cm³/mol. The summed E-state index contributed by atoms with van der Waals surface area (Å²) in [5.74, 6) is 1.10. The van der Waals surface area contributed by atoms with Crippen LogP contribution in [0.1, 0.15) is 19.8 Å². The number of piperidine rings is 1. The fourth-order valence-electron chi connectivity index (χ4n) is 4.13. The molecule has 3 heterocycles. The highest BCUT2D eigenvalue weighted by Gasteiger charge is 2.30. The van der Waals surface area contributed by atoms with Crippen LogP contribution >= 0.6 is 0 Å². The Kier molecular flexibility index (Phi) is 4.83. The van der Waals surface area contributed by atoms with Crippen LogP contribution in [0.2, 0.25) is 0 Å². The van der Waals surface area contributed by atoms with Gasteiger partial charge in [-0.1, -0.05) is 42.5 Å². The van der Waals surface area contributed by atoms with Gasteiger partial charge in [0.25, 0.3) is 0 Å². The van der Waals surface area contributed by atoms with Gasteiger partial charge >= 0.3 is 5.97 Å². The van der Waals surface area contributed by atoms with E-state index in [2.05, 4.69) is 4.90 Å². The second kappa shape index (κ2) is 7.78. The Morgan fingerprint density at radius 2 is 1.93 bits per heavy atom. The van der Waals surface area contributed by atoms with Gasteiger partial charge < -0.3 is 14.1 Å². The largest absolute Gasteiger partial charge is 0.466 e. The summed E-state index contributed by atoms with van der Waals surface area (Å²) in [4.78, 5) is 24.3. The molecule has 2 aromatic carbocycles. The number of rotatable bonds is 4. The van der Waals surface area contributed by atoms with Gasteiger partial charge in [-0.05, 0) is 31.9 Å². The van der Waals surface area contributed by atoms with Crippen LogP contribution in [0.25, 0.3) is 33.5 Å². The van der Waals surface area contributed by atoms with Gasteiger partial charge in [-0.2, -0.15) is 0 Å². The van der Waals surface area contributed by atoms with Crippen molar-refractivity contribution in [2.45, 2.75) is 19.8 Å². The molecule has 0 spiro atoms. The van der Waals surface area contributed by atoms with Crippen LogP contribution in [0.4, 0.5) is 5.82 Å². The van der Waals surface area contributed by atoms with Crippen LogP contribution in [0.5, 0.6) is 0 Å². The molecule has 1 fully saturated rings. The highest BCUT2D eigenvalue weighted by molar-refractivity contribution is 6.06. The molecular weight excluding hydrogens is 378 g/mol. The molecule has 0 radical (unpaired) electrons.